The Hall–Kier alpha value is -1.10. The van der Waals surface area contributed by atoms with Gasteiger partial charge in [-0.15, -0.1) is 0 Å². The van der Waals surface area contributed by atoms with Gasteiger partial charge in [0.2, 0.25) is 11.8 Å². The van der Waals surface area contributed by atoms with Crippen molar-refractivity contribution in [3.05, 3.63) is 0 Å². The molecular formula is C10H17N3O2. The second-order valence-electron chi connectivity index (χ2n) is 4.57. The third-order valence-corrected chi connectivity index (χ3v) is 3.45. The summed E-state index contributed by atoms with van der Waals surface area (Å²) in [6.45, 7) is 3.43. The van der Waals surface area contributed by atoms with E-state index in [4.69, 9.17) is 5.73 Å². The number of hydrogen-bond acceptors (Lipinski definition) is 3. The number of nitrogens with two attached hydrogens (primary N) is 1. The summed E-state index contributed by atoms with van der Waals surface area (Å²) in [6, 6.07) is -0.378. The van der Waals surface area contributed by atoms with E-state index >= 15 is 0 Å². The summed E-state index contributed by atoms with van der Waals surface area (Å²) >= 11 is 0. The molecule has 5 nitrogen and oxygen atoms in total. The van der Waals surface area contributed by atoms with Crippen molar-refractivity contribution in [1.82, 2.24) is 10.2 Å². The van der Waals surface area contributed by atoms with Crippen LogP contribution in [0.1, 0.15) is 26.2 Å². The van der Waals surface area contributed by atoms with Gasteiger partial charge in [-0.3, -0.25) is 9.59 Å². The van der Waals surface area contributed by atoms with E-state index in [0.29, 0.717) is 13.0 Å². The molecule has 2 rings (SSSR count). The van der Waals surface area contributed by atoms with Crippen LogP contribution < -0.4 is 11.1 Å². The van der Waals surface area contributed by atoms with Gasteiger partial charge in [0.05, 0.1) is 5.54 Å². The molecule has 2 atom stereocenters. The zero-order valence-corrected chi connectivity index (χ0v) is 8.95. The van der Waals surface area contributed by atoms with Gasteiger partial charge in [0.25, 0.3) is 0 Å². The molecule has 1 unspecified atom stereocenters. The third-order valence-electron chi connectivity index (χ3n) is 3.45. The molecule has 0 bridgehead atoms. The fourth-order valence-electron chi connectivity index (χ4n) is 2.32. The second-order valence-corrected chi connectivity index (χ2v) is 4.57. The largest absolute Gasteiger partial charge is 0.368 e. The minimum absolute atomic E-state index is 0.0232. The normalized spacial score (nSPS) is 35.0. The van der Waals surface area contributed by atoms with Gasteiger partial charge in [-0.1, -0.05) is 0 Å². The molecular weight excluding hydrogens is 194 g/mol. The highest BCUT2D eigenvalue weighted by Crippen LogP contribution is 2.26. The van der Waals surface area contributed by atoms with E-state index < -0.39 is 11.4 Å². The highest BCUT2D eigenvalue weighted by atomic mass is 16.2. The number of likely N-dealkylation sites (tertiary alicyclic amines) is 1. The Labute approximate surface area is 89.0 Å². The predicted molar refractivity (Wildman–Crippen MR) is 55.0 cm³/mol. The van der Waals surface area contributed by atoms with Gasteiger partial charge in [-0.2, -0.15) is 0 Å². The first-order chi connectivity index (χ1) is 7.04. The number of carbonyl (C=O) groups excluding carboxylic acids is 2. The maximum atomic E-state index is 12.1. The quantitative estimate of drug-likeness (QED) is 0.629. The Balaban J connectivity index is 2.05. The highest BCUT2D eigenvalue weighted by molar-refractivity contribution is 5.93. The van der Waals surface area contributed by atoms with Gasteiger partial charge >= 0.3 is 0 Å². The van der Waals surface area contributed by atoms with Crippen molar-refractivity contribution in [2.24, 2.45) is 5.73 Å². The lowest BCUT2D eigenvalue weighted by atomic mass is 9.93. The van der Waals surface area contributed by atoms with Crippen molar-refractivity contribution in [1.29, 1.82) is 0 Å². The van der Waals surface area contributed by atoms with Crippen molar-refractivity contribution < 1.29 is 9.59 Å². The molecule has 2 saturated heterocycles. The monoisotopic (exact) mass is 211 g/mol. The van der Waals surface area contributed by atoms with Crippen LogP contribution in [0.4, 0.5) is 0 Å². The molecule has 0 aliphatic carbocycles. The molecule has 0 aromatic heterocycles. The van der Waals surface area contributed by atoms with Crippen LogP contribution in [0.2, 0.25) is 0 Å². The molecule has 2 aliphatic rings. The summed E-state index contributed by atoms with van der Waals surface area (Å²) in [5.41, 5.74) is 4.74. The van der Waals surface area contributed by atoms with E-state index in [0.717, 1.165) is 19.4 Å². The van der Waals surface area contributed by atoms with Crippen LogP contribution in [0.15, 0.2) is 0 Å². The lowest BCUT2D eigenvalue weighted by Crippen LogP contribution is -2.64. The summed E-state index contributed by atoms with van der Waals surface area (Å²) in [7, 11) is 0. The Morgan fingerprint density at radius 2 is 2.27 bits per heavy atom. The number of primary amides is 1. The number of hydrogen-bond donors (Lipinski definition) is 2. The Morgan fingerprint density at radius 3 is 2.67 bits per heavy atom. The minimum atomic E-state index is -0.478. The molecule has 15 heavy (non-hydrogen) atoms. The average Bonchev–Trinajstić information content (AvgIpc) is 2.50. The molecule has 3 N–H and O–H groups in total. The molecule has 2 heterocycles. The van der Waals surface area contributed by atoms with Crippen molar-refractivity contribution in [2.75, 3.05) is 13.1 Å². The fourth-order valence-corrected chi connectivity index (χ4v) is 2.32. The highest BCUT2D eigenvalue weighted by Gasteiger charge is 2.45. The lowest BCUT2D eigenvalue weighted by Gasteiger charge is -2.43. The van der Waals surface area contributed by atoms with E-state index in [1.807, 2.05) is 6.92 Å². The summed E-state index contributed by atoms with van der Waals surface area (Å²) in [5.74, 6) is -0.369. The van der Waals surface area contributed by atoms with Crippen LogP contribution in [0.25, 0.3) is 0 Å². The minimum Gasteiger partial charge on any atom is -0.368 e. The zero-order valence-electron chi connectivity index (χ0n) is 8.95. The van der Waals surface area contributed by atoms with Gasteiger partial charge in [0, 0.05) is 6.54 Å². The molecule has 2 fully saturated rings. The first-order valence-electron chi connectivity index (χ1n) is 5.40. The fraction of sp³-hybridized carbons (Fsp3) is 0.800. The molecule has 0 aromatic carbocycles. The first-order valence-corrected chi connectivity index (χ1v) is 5.40. The molecule has 0 aromatic rings. The van der Waals surface area contributed by atoms with Gasteiger partial charge in [-0.05, 0) is 32.7 Å². The Morgan fingerprint density at radius 1 is 1.53 bits per heavy atom. The van der Waals surface area contributed by atoms with E-state index in [1.54, 1.807) is 4.90 Å². The number of nitrogens with zero attached hydrogens (tertiary/aromatic N) is 1. The van der Waals surface area contributed by atoms with Crippen LogP contribution in [0.5, 0.6) is 0 Å². The molecule has 5 heteroatoms. The molecule has 0 spiro atoms. The van der Waals surface area contributed by atoms with Crippen LogP contribution in [-0.2, 0) is 9.59 Å². The molecule has 0 radical (unpaired) electrons. The van der Waals surface area contributed by atoms with Crippen molar-refractivity contribution in [3.8, 4) is 0 Å². The predicted octanol–water partition coefficient (Wildman–Crippen LogP) is -0.785. The summed E-state index contributed by atoms with van der Waals surface area (Å²) in [4.78, 5) is 24.7. The maximum absolute atomic E-state index is 12.1. The molecule has 2 amide bonds. The number of rotatable bonds is 2. The van der Waals surface area contributed by atoms with Gasteiger partial charge < -0.3 is 16.0 Å². The Kier molecular flexibility index (Phi) is 2.42. The average molecular weight is 211 g/mol. The van der Waals surface area contributed by atoms with Gasteiger partial charge in [0.1, 0.15) is 6.04 Å². The lowest BCUT2D eigenvalue weighted by molar-refractivity contribution is -0.150. The maximum Gasteiger partial charge on any atom is 0.243 e. The smallest absolute Gasteiger partial charge is 0.243 e. The van der Waals surface area contributed by atoms with E-state index in [1.165, 1.54) is 0 Å². The zero-order chi connectivity index (χ0) is 11.1. The van der Waals surface area contributed by atoms with Crippen LogP contribution in [0.3, 0.4) is 0 Å². The molecule has 0 saturated carbocycles. The molecule has 84 valence electrons. The van der Waals surface area contributed by atoms with Crippen molar-refractivity contribution >= 4 is 11.8 Å². The van der Waals surface area contributed by atoms with Crippen molar-refractivity contribution in [2.45, 2.75) is 37.8 Å². The standard InChI is InChI=1S/C10H17N3O2/c1-10(4-2-5-12-10)9(15)13-6-3-7(13)8(11)14/h7,12H,2-6H2,1H3,(H2,11,14)/t7?,10-/m1/s1. The van der Waals surface area contributed by atoms with Crippen LogP contribution in [-0.4, -0.2) is 41.4 Å². The van der Waals surface area contributed by atoms with E-state index in [2.05, 4.69) is 5.32 Å². The van der Waals surface area contributed by atoms with E-state index in [-0.39, 0.29) is 11.9 Å². The SMILES string of the molecule is C[C@]1(C(=O)N2CCC2C(N)=O)CCCN1. The van der Waals surface area contributed by atoms with Gasteiger partial charge in [-0.25, -0.2) is 0 Å². The summed E-state index contributed by atoms with van der Waals surface area (Å²) < 4.78 is 0. The number of amides is 2. The third kappa shape index (κ3) is 1.61. The van der Waals surface area contributed by atoms with Crippen LogP contribution in [0, 0.1) is 0 Å². The topological polar surface area (TPSA) is 75.4 Å². The molecule has 2 aliphatic heterocycles. The Bertz CT molecular complexity index is 297. The number of nitrogens with one attached hydrogen (secondary N) is 1. The summed E-state index contributed by atoms with van der Waals surface area (Å²) in [5, 5.41) is 3.20. The first kappa shape index (κ1) is 10.4. The van der Waals surface area contributed by atoms with E-state index in [9.17, 15) is 9.59 Å². The van der Waals surface area contributed by atoms with Crippen LogP contribution >= 0.6 is 0 Å². The van der Waals surface area contributed by atoms with Crippen molar-refractivity contribution in [3.63, 3.8) is 0 Å². The second kappa shape index (κ2) is 3.48. The number of carbonyl (C=O) groups is 2. The summed E-state index contributed by atoms with van der Waals surface area (Å²) in [6.07, 6.45) is 2.56. The van der Waals surface area contributed by atoms with Gasteiger partial charge in [0.15, 0.2) is 0 Å².